The molecule has 0 spiro atoms. The smallest absolute Gasteiger partial charge is 0.146 e. The molecule has 0 fully saturated rings. The minimum Gasteiger partial charge on any atom is -0.371 e. The first kappa shape index (κ1) is 8.30. The van der Waals surface area contributed by atoms with Gasteiger partial charge in [-0.2, -0.15) is 0 Å². The van der Waals surface area contributed by atoms with Gasteiger partial charge in [0.2, 0.25) is 0 Å². The van der Waals surface area contributed by atoms with Crippen LogP contribution in [0, 0.1) is 5.92 Å². The van der Waals surface area contributed by atoms with E-state index < -0.39 is 0 Å². The second-order valence-electron chi connectivity index (χ2n) is 3.60. The van der Waals surface area contributed by atoms with Gasteiger partial charge in [0.15, 0.2) is 0 Å². The average Bonchev–Trinajstić information content (AvgIpc) is 2.43. The Morgan fingerprint density at radius 2 is 2.31 bits per heavy atom. The molecular formula is C11H13NO. The second kappa shape index (κ2) is 2.87. The summed E-state index contributed by atoms with van der Waals surface area (Å²) in [6, 6.07) is 0.352. The summed E-state index contributed by atoms with van der Waals surface area (Å²) in [6.07, 6.45) is 9.13. The van der Waals surface area contributed by atoms with Crippen LogP contribution >= 0.6 is 0 Å². The Bertz CT molecular complexity index is 325. The van der Waals surface area contributed by atoms with Crippen LogP contribution in [0.3, 0.4) is 0 Å². The highest BCUT2D eigenvalue weighted by atomic mass is 16.1. The van der Waals surface area contributed by atoms with Gasteiger partial charge in [0, 0.05) is 24.2 Å². The van der Waals surface area contributed by atoms with Crippen molar-refractivity contribution in [2.45, 2.75) is 13.0 Å². The summed E-state index contributed by atoms with van der Waals surface area (Å²) in [5, 5.41) is 0. The monoisotopic (exact) mass is 175 g/mol. The molecule has 0 amide bonds. The predicted molar refractivity (Wildman–Crippen MR) is 52.1 cm³/mol. The first-order valence-corrected chi connectivity index (χ1v) is 4.49. The molecule has 1 aliphatic heterocycles. The lowest BCUT2D eigenvalue weighted by atomic mass is 9.89. The summed E-state index contributed by atoms with van der Waals surface area (Å²) < 4.78 is 0. The number of aldehydes is 1. The number of nitrogens with zero attached hydrogens (tertiary/aromatic N) is 1. The normalized spacial score (nSPS) is 31.1. The number of hydrogen-bond acceptors (Lipinski definition) is 2. The van der Waals surface area contributed by atoms with E-state index in [-0.39, 0.29) is 5.92 Å². The number of allylic oxidation sites excluding steroid dienone is 3. The van der Waals surface area contributed by atoms with Crippen molar-refractivity contribution in [3.8, 4) is 0 Å². The third kappa shape index (κ3) is 1.13. The molecule has 1 aliphatic carbocycles. The van der Waals surface area contributed by atoms with Gasteiger partial charge in [0.25, 0.3) is 0 Å². The molecule has 0 aromatic heterocycles. The van der Waals surface area contributed by atoms with Crippen LogP contribution in [-0.4, -0.2) is 24.3 Å². The second-order valence-corrected chi connectivity index (χ2v) is 3.60. The van der Waals surface area contributed by atoms with Crippen molar-refractivity contribution in [3.63, 3.8) is 0 Å². The fourth-order valence-corrected chi connectivity index (χ4v) is 2.00. The molecule has 0 saturated heterocycles. The van der Waals surface area contributed by atoms with E-state index in [0.29, 0.717) is 6.04 Å². The van der Waals surface area contributed by atoms with Gasteiger partial charge in [-0.15, -0.1) is 0 Å². The first-order valence-electron chi connectivity index (χ1n) is 4.49. The third-order valence-electron chi connectivity index (χ3n) is 2.91. The van der Waals surface area contributed by atoms with Crippen LogP contribution in [0.15, 0.2) is 35.6 Å². The molecule has 0 saturated carbocycles. The van der Waals surface area contributed by atoms with Crippen LogP contribution in [0.25, 0.3) is 0 Å². The molecule has 13 heavy (non-hydrogen) atoms. The van der Waals surface area contributed by atoms with Gasteiger partial charge >= 0.3 is 0 Å². The van der Waals surface area contributed by atoms with Crippen LogP contribution in [-0.2, 0) is 4.79 Å². The van der Waals surface area contributed by atoms with Gasteiger partial charge in [-0.05, 0) is 6.92 Å². The number of carbonyl (C=O) groups is 1. The number of fused-ring (bicyclic) bond motifs is 1. The molecule has 1 heterocycles. The van der Waals surface area contributed by atoms with E-state index in [1.807, 2.05) is 12.2 Å². The van der Waals surface area contributed by atoms with Crippen molar-refractivity contribution >= 4 is 6.29 Å². The summed E-state index contributed by atoms with van der Waals surface area (Å²) in [5.41, 5.74) is 2.13. The number of rotatable bonds is 1. The lowest BCUT2D eigenvalue weighted by Gasteiger charge is -2.27. The SMILES string of the molecule is CC1=CC2C(C=O)=CC=CC2N1C. The summed E-state index contributed by atoms with van der Waals surface area (Å²) in [7, 11) is 2.06. The standard InChI is InChI=1S/C11H13NO/c1-8-6-10-9(7-13)4-3-5-11(10)12(8)2/h3-7,10-11H,1-2H3. The van der Waals surface area contributed by atoms with E-state index in [1.54, 1.807) is 0 Å². The van der Waals surface area contributed by atoms with Crippen LogP contribution in [0.4, 0.5) is 0 Å². The fraction of sp³-hybridized carbons (Fsp3) is 0.364. The highest BCUT2D eigenvalue weighted by molar-refractivity contribution is 5.76. The Labute approximate surface area is 78.2 Å². The van der Waals surface area contributed by atoms with E-state index in [2.05, 4.69) is 31.0 Å². The number of carbonyl (C=O) groups excluding carboxylic acids is 1. The van der Waals surface area contributed by atoms with Crippen molar-refractivity contribution in [3.05, 3.63) is 35.6 Å². The first-order chi connectivity index (χ1) is 6.24. The van der Waals surface area contributed by atoms with E-state index in [4.69, 9.17) is 0 Å². The average molecular weight is 175 g/mol. The highest BCUT2D eigenvalue weighted by Gasteiger charge is 2.31. The highest BCUT2D eigenvalue weighted by Crippen LogP contribution is 2.33. The zero-order valence-electron chi connectivity index (χ0n) is 7.90. The van der Waals surface area contributed by atoms with Crippen LogP contribution < -0.4 is 0 Å². The Kier molecular flexibility index (Phi) is 1.83. The molecule has 2 unspecified atom stereocenters. The Morgan fingerprint density at radius 1 is 1.54 bits per heavy atom. The fourth-order valence-electron chi connectivity index (χ4n) is 2.00. The van der Waals surface area contributed by atoms with E-state index in [9.17, 15) is 4.79 Å². The van der Waals surface area contributed by atoms with Gasteiger partial charge in [-0.25, -0.2) is 0 Å². The number of likely N-dealkylation sites (N-methyl/N-ethyl adjacent to an activating group) is 1. The van der Waals surface area contributed by atoms with Gasteiger partial charge in [0.05, 0.1) is 6.04 Å². The molecule has 2 heteroatoms. The van der Waals surface area contributed by atoms with E-state index >= 15 is 0 Å². The van der Waals surface area contributed by atoms with Crippen molar-refractivity contribution < 1.29 is 4.79 Å². The van der Waals surface area contributed by atoms with Gasteiger partial charge in [-0.1, -0.05) is 24.3 Å². The molecular weight excluding hydrogens is 162 g/mol. The lowest BCUT2D eigenvalue weighted by Crippen LogP contribution is -2.30. The molecule has 68 valence electrons. The quantitative estimate of drug-likeness (QED) is 0.563. The maximum atomic E-state index is 10.8. The van der Waals surface area contributed by atoms with Crippen LogP contribution in [0.1, 0.15) is 6.92 Å². The van der Waals surface area contributed by atoms with Gasteiger partial charge in [-0.3, -0.25) is 4.79 Å². The maximum Gasteiger partial charge on any atom is 0.146 e. The zero-order valence-corrected chi connectivity index (χ0v) is 7.90. The molecule has 0 bridgehead atoms. The minimum absolute atomic E-state index is 0.271. The molecule has 0 N–H and O–H groups in total. The molecule has 2 aliphatic rings. The van der Waals surface area contributed by atoms with Crippen molar-refractivity contribution in [1.29, 1.82) is 0 Å². The number of hydrogen-bond donors (Lipinski definition) is 0. The van der Waals surface area contributed by atoms with Crippen molar-refractivity contribution in [2.75, 3.05) is 7.05 Å². The molecule has 2 rings (SSSR count). The molecule has 0 aromatic carbocycles. The Morgan fingerprint density at radius 3 is 3.00 bits per heavy atom. The zero-order chi connectivity index (χ0) is 9.42. The molecule has 2 nitrogen and oxygen atoms in total. The largest absolute Gasteiger partial charge is 0.371 e. The summed E-state index contributed by atoms with van der Waals surface area (Å²) >= 11 is 0. The molecule has 0 aromatic rings. The predicted octanol–water partition coefficient (Wildman–Crippen LogP) is 1.52. The molecule has 2 atom stereocenters. The van der Waals surface area contributed by atoms with Crippen molar-refractivity contribution in [2.24, 2.45) is 5.92 Å². The summed E-state index contributed by atoms with van der Waals surface area (Å²) in [5.74, 6) is 0.271. The van der Waals surface area contributed by atoms with E-state index in [0.717, 1.165) is 11.9 Å². The van der Waals surface area contributed by atoms with Gasteiger partial charge in [0.1, 0.15) is 6.29 Å². The van der Waals surface area contributed by atoms with Crippen LogP contribution in [0.5, 0.6) is 0 Å². The van der Waals surface area contributed by atoms with Crippen LogP contribution in [0.2, 0.25) is 0 Å². The summed E-state index contributed by atoms with van der Waals surface area (Å²) in [4.78, 5) is 13.0. The van der Waals surface area contributed by atoms with Gasteiger partial charge < -0.3 is 4.90 Å². The molecule has 0 radical (unpaired) electrons. The topological polar surface area (TPSA) is 20.3 Å². The summed E-state index contributed by atoms with van der Waals surface area (Å²) in [6.45, 7) is 2.08. The minimum atomic E-state index is 0.271. The van der Waals surface area contributed by atoms with Crippen molar-refractivity contribution in [1.82, 2.24) is 4.90 Å². The van der Waals surface area contributed by atoms with E-state index in [1.165, 1.54) is 5.70 Å². The maximum absolute atomic E-state index is 10.8. The Balaban J connectivity index is 2.36. The third-order valence-corrected chi connectivity index (χ3v) is 2.91. The Hall–Kier alpha value is -1.31. The lowest BCUT2D eigenvalue weighted by molar-refractivity contribution is -0.105.